The first-order valence-electron chi connectivity index (χ1n) is 12.3. The summed E-state index contributed by atoms with van der Waals surface area (Å²) < 4.78 is 11.1. The number of hydrogen-bond donors (Lipinski definition) is 1. The van der Waals surface area contributed by atoms with Crippen molar-refractivity contribution in [3.05, 3.63) is 42.0 Å². The number of fused-ring (bicyclic) bond motifs is 3. The van der Waals surface area contributed by atoms with Crippen LogP contribution in [0, 0.1) is 17.8 Å². The smallest absolute Gasteiger partial charge is 0.236 e. The molecule has 0 aromatic heterocycles. The summed E-state index contributed by atoms with van der Waals surface area (Å²) in [5.74, 6) is 2.19. The highest BCUT2D eigenvalue weighted by Crippen LogP contribution is 2.32. The summed E-state index contributed by atoms with van der Waals surface area (Å²) in [5.41, 5.74) is 1.13. The zero-order chi connectivity index (χ0) is 23.0. The normalized spacial score (nSPS) is 25.1. The summed E-state index contributed by atoms with van der Waals surface area (Å²) in [4.78, 5) is 30.0. The number of carbonyl (C=O) groups excluding carboxylic acids is 2. The van der Waals surface area contributed by atoms with Gasteiger partial charge in [-0.15, -0.1) is 0 Å². The largest absolute Gasteiger partial charge is 0.489 e. The van der Waals surface area contributed by atoms with Gasteiger partial charge in [-0.3, -0.25) is 14.5 Å². The van der Waals surface area contributed by atoms with E-state index in [0.29, 0.717) is 51.7 Å². The fourth-order valence-corrected chi connectivity index (χ4v) is 4.86. The maximum atomic E-state index is 13.3. The molecule has 1 saturated carbocycles. The first-order chi connectivity index (χ1) is 16.1. The second-order valence-electron chi connectivity index (χ2n) is 9.56. The van der Waals surface area contributed by atoms with Gasteiger partial charge in [-0.1, -0.05) is 30.4 Å². The maximum Gasteiger partial charge on any atom is 0.236 e. The monoisotopic (exact) mass is 455 g/mol. The van der Waals surface area contributed by atoms with E-state index in [9.17, 15) is 9.59 Å². The molecule has 1 aliphatic carbocycles. The van der Waals surface area contributed by atoms with Crippen molar-refractivity contribution in [3.63, 3.8) is 0 Å². The third-order valence-electron chi connectivity index (χ3n) is 6.89. The van der Waals surface area contributed by atoms with E-state index in [1.807, 2.05) is 29.2 Å². The average molecular weight is 456 g/mol. The highest BCUT2D eigenvalue weighted by atomic mass is 16.5. The van der Waals surface area contributed by atoms with Crippen LogP contribution >= 0.6 is 0 Å². The lowest BCUT2D eigenvalue weighted by atomic mass is 9.82. The molecule has 2 atom stereocenters. The lowest BCUT2D eigenvalue weighted by molar-refractivity contribution is -0.135. The molecule has 33 heavy (non-hydrogen) atoms. The summed E-state index contributed by atoms with van der Waals surface area (Å²) in [6, 6.07) is 8.13. The minimum atomic E-state index is 0.0499. The fourth-order valence-electron chi connectivity index (χ4n) is 4.86. The van der Waals surface area contributed by atoms with Crippen LogP contribution in [-0.4, -0.2) is 74.7 Å². The van der Waals surface area contributed by atoms with E-state index < -0.39 is 0 Å². The van der Waals surface area contributed by atoms with E-state index in [1.54, 1.807) is 7.11 Å². The van der Waals surface area contributed by atoms with E-state index >= 15 is 0 Å². The van der Waals surface area contributed by atoms with Crippen molar-refractivity contribution in [2.24, 2.45) is 17.8 Å². The minimum Gasteiger partial charge on any atom is -0.489 e. The number of methoxy groups -OCH3 is 1. The van der Waals surface area contributed by atoms with Gasteiger partial charge >= 0.3 is 0 Å². The number of hydrogen-bond acceptors (Lipinski definition) is 5. The number of piperidine rings is 1. The van der Waals surface area contributed by atoms with Gasteiger partial charge in [0, 0.05) is 51.8 Å². The molecule has 3 aliphatic rings. The number of nitrogens with one attached hydrogen (secondary N) is 1. The molecule has 2 bridgehead atoms. The van der Waals surface area contributed by atoms with Crippen LogP contribution in [0.2, 0.25) is 0 Å². The van der Waals surface area contributed by atoms with Crippen LogP contribution in [0.15, 0.2) is 36.4 Å². The van der Waals surface area contributed by atoms with E-state index in [2.05, 4.69) is 22.4 Å². The average Bonchev–Trinajstić information content (AvgIpc) is 3.62. The molecule has 1 aromatic carbocycles. The number of para-hydroxylation sites is 1. The Bertz CT molecular complexity index is 839. The Morgan fingerprint density at radius 3 is 2.88 bits per heavy atom. The molecule has 1 N–H and O–H groups in total. The van der Waals surface area contributed by atoms with Gasteiger partial charge in [-0.25, -0.2) is 0 Å². The molecule has 180 valence electrons. The van der Waals surface area contributed by atoms with Crippen LogP contribution in [0.4, 0.5) is 0 Å². The van der Waals surface area contributed by atoms with Gasteiger partial charge in [0.25, 0.3) is 0 Å². The van der Waals surface area contributed by atoms with Crippen molar-refractivity contribution in [2.75, 3.05) is 53.0 Å². The van der Waals surface area contributed by atoms with E-state index in [0.717, 1.165) is 30.8 Å². The Balaban J connectivity index is 1.48. The number of benzene rings is 1. The van der Waals surface area contributed by atoms with Crippen molar-refractivity contribution in [3.8, 4) is 5.75 Å². The summed E-state index contributed by atoms with van der Waals surface area (Å²) in [6.07, 6.45) is 8.01. The zero-order valence-electron chi connectivity index (χ0n) is 19.7. The SMILES string of the molecule is COCCNC(=O)C[C@@H]1CCN2C[C@@H]1/C=C\COc1ccccc1CN(CC1CC1)CC2=O. The van der Waals surface area contributed by atoms with Gasteiger partial charge < -0.3 is 19.7 Å². The number of nitrogens with zero attached hydrogens (tertiary/aromatic N) is 2. The highest BCUT2D eigenvalue weighted by molar-refractivity contribution is 5.79. The van der Waals surface area contributed by atoms with Gasteiger partial charge in [-0.05, 0) is 43.1 Å². The third kappa shape index (κ3) is 7.05. The quantitative estimate of drug-likeness (QED) is 0.505. The molecular weight excluding hydrogens is 418 g/mol. The van der Waals surface area contributed by atoms with E-state index in [1.165, 1.54) is 12.8 Å². The predicted molar refractivity (Wildman–Crippen MR) is 127 cm³/mol. The summed E-state index contributed by atoms with van der Waals surface area (Å²) in [5, 5.41) is 2.93. The molecule has 2 fully saturated rings. The van der Waals surface area contributed by atoms with Crippen LogP contribution in [0.25, 0.3) is 0 Å². The van der Waals surface area contributed by atoms with Crippen LogP contribution in [-0.2, 0) is 20.9 Å². The maximum absolute atomic E-state index is 13.3. The van der Waals surface area contributed by atoms with Crippen molar-refractivity contribution >= 4 is 11.8 Å². The van der Waals surface area contributed by atoms with Crippen molar-refractivity contribution in [1.29, 1.82) is 0 Å². The van der Waals surface area contributed by atoms with Crippen LogP contribution in [0.1, 0.15) is 31.2 Å². The minimum absolute atomic E-state index is 0.0499. The molecule has 7 heteroatoms. The fraction of sp³-hybridized carbons (Fsp3) is 0.615. The first-order valence-corrected chi connectivity index (χ1v) is 12.3. The van der Waals surface area contributed by atoms with Crippen LogP contribution in [0.5, 0.6) is 5.75 Å². The van der Waals surface area contributed by atoms with E-state index in [4.69, 9.17) is 9.47 Å². The Kier molecular flexibility index (Phi) is 8.40. The van der Waals surface area contributed by atoms with Gasteiger partial charge in [-0.2, -0.15) is 0 Å². The third-order valence-corrected chi connectivity index (χ3v) is 6.89. The van der Waals surface area contributed by atoms with Crippen LogP contribution < -0.4 is 10.1 Å². The number of carbonyl (C=O) groups is 2. The molecule has 2 heterocycles. The Hall–Kier alpha value is -2.38. The lowest BCUT2D eigenvalue weighted by Crippen LogP contribution is -2.48. The zero-order valence-corrected chi connectivity index (χ0v) is 19.7. The number of rotatable bonds is 7. The molecule has 7 nitrogen and oxygen atoms in total. The molecule has 0 radical (unpaired) electrons. The lowest BCUT2D eigenvalue weighted by Gasteiger charge is -2.38. The number of amides is 2. The first kappa shape index (κ1) is 23.8. The van der Waals surface area contributed by atoms with Gasteiger partial charge in [0.1, 0.15) is 12.4 Å². The molecule has 1 saturated heterocycles. The molecule has 0 unspecified atom stereocenters. The molecule has 4 rings (SSSR count). The Morgan fingerprint density at radius 2 is 2.06 bits per heavy atom. The standard InChI is InChI=1S/C26H37N3O4/c1-32-14-11-27-25(30)15-21-10-12-29-18-22(21)6-4-13-33-24-7-3-2-5-23(24)17-28(19-26(29)31)16-20-8-9-20/h2-7,20-22H,8-19H2,1H3,(H,27,30)/b6-4-/t21-,22-/m0/s1. The molecule has 2 aliphatic heterocycles. The molecule has 0 spiro atoms. The second kappa shape index (κ2) is 11.7. The highest BCUT2D eigenvalue weighted by Gasteiger charge is 2.33. The molecular formula is C26H37N3O4. The predicted octanol–water partition coefficient (Wildman–Crippen LogP) is 2.46. The molecule has 2 amide bonds. The van der Waals surface area contributed by atoms with Gasteiger partial charge in [0.05, 0.1) is 13.2 Å². The summed E-state index contributed by atoms with van der Waals surface area (Å²) >= 11 is 0. The van der Waals surface area contributed by atoms with Gasteiger partial charge in [0.15, 0.2) is 0 Å². The Morgan fingerprint density at radius 1 is 1.21 bits per heavy atom. The number of ether oxygens (including phenoxy) is 2. The van der Waals surface area contributed by atoms with Crippen molar-refractivity contribution in [1.82, 2.24) is 15.1 Å². The van der Waals surface area contributed by atoms with Gasteiger partial charge in [0.2, 0.25) is 11.8 Å². The summed E-state index contributed by atoms with van der Waals surface area (Å²) in [7, 11) is 1.63. The molecule has 1 aromatic rings. The van der Waals surface area contributed by atoms with Crippen molar-refractivity contribution < 1.29 is 19.1 Å². The summed E-state index contributed by atoms with van der Waals surface area (Å²) in [6.45, 7) is 5.01. The second-order valence-corrected chi connectivity index (χ2v) is 9.56. The Labute approximate surface area is 197 Å². The topological polar surface area (TPSA) is 71.1 Å². The van der Waals surface area contributed by atoms with Crippen LogP contribution in [0.3, 0.4) is 0 Å². The van der Waals surface area contributed by atoms with Crippen molar-refractivity contribution in [2.45, 2.75) is 32.2 Å². The van der Waals surface area contributed by atoms with E-state index in [-0.39, 0.29) is 23.7 Å².